The van der Waals surface area contributed by atoms with E-state index in [1.54, 1.807) is 11.3 Å². The molecule has 7 nitrogen and oxygen atoms in total. The van der Waals surface area contributed by atoms with Crippen LogP contribution in [0.15, 0.2) is 54.2 Å². The highest BCUT2D eigenvalue weighted by molar-refractivity contribution is 7.13. The second kappa shape index (κ2) is 8.37. The van der Waals surface area contributed by atoms with Crippen molar-refractivity contribution in [1.29, 1.82) is 0 Å². The van der Waals surface area contributed by atoms with Crippen molar-refractivity contribution in [3.8, 4) is 10.4 Å². The van der Waals surface area contributed by atoms with Crippen LogP contribution < -0.4 is 15.5 Å². The fourth-order valence-corrected chi connectivity index (χ4v) is 5.27. The second-order valence-electron chi connectivity index (χ2n) is 8.19. The van der Waals surface area contributed by atoms with Gasteiger partial charge in [-0.1, -0.05) is 12.1 Å². The molecule has 2 N–H and O–H groups in total. The van der Waals surface area contributed by atoms with Crippen LogP contribution >= 0.6 is 11.3 Å². The minimum absolute atomic E-state index is 0.549. The van der Waals surface area contributed by atoms with Crippen molar-refractivity contribution in [3.63, 3.8) is 0 Å². The first-order valence-electron chi connectivity index (χ1n) is 11.2. The van der Waals surface area contributed by atoms with Gasteiger partial charge in [-0.3, -0.25) is 0 Å². The molecule has 32 heavy (non-hydrogen) atoms. The molecule has 4 aromatic heterocycles. The molecule has 0 atom stereocenters. The predicted octanol–water partition coefficient (Wildman–Crippen LogP) is 4.57. The summed E-state index contributed by atoms with van der Waals surface area (Å²) in [7, 11) is 0. The molecule has 0 spiro atoms. The number of piperazine rings is 1. The first-order chi connectivity index (χ1) is 15.8. The van der Waals surface area contributed by atoms with Crippen molar-refractivity contribution >= 4 is 39.9 Å². The van der Waals surface area contributed by atoms with Gasteiger partial charge in [-0.2, -0.15) is 0 Å². The molecule has 1 saturated heterocycles. The lowest BCUT2D eigenvalue weighted by Crippen LogP contribution is -2.43. The Kier molecular flexibility index (Phi) is 5.09. The van der Waals surface area contributed by atoms with E-state index in [2.05, 4.69) is 61.2 Å². The smallest absolute Gasteiger partial charge is 0.246 e. The lowest BCUT2D eigenvalue weighted by Gasteiger charge is -2.29. The number of pyridine rings is 1. The Labute approximate surface area is 190 Å². The first kappa shape index (κ1) is 19.5. The van der Waals surface area contributed by atoms with Gasteiger partial charge < -0.3 is 15.5 Å². The quantitative estimate of drug-likeness (QED) is 0.471. The summed E-state index contributed by atoms with van der Waals surface area (Å²) in [6, 6.07) is 10.6. The molecule has 0 unspecified atom stereocenters. The molecule has 2 aliphatic rings. The van der Waals surface area contributed by atoms with E-state index in [0.717, 1.165) is 56.0 Å². The number of hydrogen-bond acceptors (Lipinski definition) is 7. The van der Waals surface area contributed by atoms with Crippen molar-refractivity contribution in [2.75, 3.05) is 36.4 Å². The molecule has 0 bridgehead atoms. The zero-order chi connectivity index (χ0) is 21.3. The summed E-state index contributed by atoms with van der Waals surface area (Å²) >= 11 is 1.76. The summed E-state index contributed by atoms with van der Waals surface area (Å²) in [4.78, 5) is 12.8. The number of allylic oxidation sites excluding steroid dienone is 2. The zero-order valence-electron chi connectivity index (χ0n) is 17.8. The topological polar surface area (TPSA) is 70.4 Å². The zero-order valence-corrected chi connectivity index (χ0v) is 18.6. The van der Waals surface area contributed by atoms with E-state index < -0.39 is 0 Å². The summed E-state index contributed by atoms with van der Waals surface area (Å²) in [5.41, 5.74) is 5.95. The van der Waals surface area contributed by atoms with Crippen LogP contribution in [-0.2, 0) is 0 Å². The summed E-state index contributed by atoms with van der Waals surface area (Å²) in [5, 5.41) is 13.6. The van der Waals surface area contributed by atoms with Gasteiger partial charge in [0.1, 0.15) is 5.82 Å². The van der Waals surface area contributed by atoms with Crippen LogP contribution in [0.25, 0.3) is 21.5 Å². The monoisotopic (exact) mass is 443 g/mol. The van der Waals surface area contributed by atoms with Crippen molar-refractivity contribution < 1.29 is 0 Å². The lowest BCUT2D eigenvalue weighted by molar-refractivity contribution is 0.589. The lowest BCUT2D eigenvalue weighted by atomic mass is 10.1. The average Bonchev–Trinajstić information content (AvgIpc) is 3.60. The molecular weight excluding hydrogens is 418 g/mol. The van der Waals surface area contributed by atoms with Crippen LogP contribution in [-0.4, -0.2) is 45.8 Å². The van der Waals surface area contributed by atoms with Crippen molar-refractivity contribution in [2.45, 2.75) is 19.3 Å². The fraction of sp³-hybridized carbons (Fsp3) is 0.292. The van der Waals surface area contributed by atoms with Crippen LogP contribution in [0.2, 0.25) is 0 Å². The summed E-state index contributed by atoms with van der Waals surface area (Å²) < 4.78 is 2.04. The van der Waals surface area contributed by atoms with Gasteiger partial charge in [0.15, 0.2) is 0 Å². The van der Waals surface area contributed by atoms with Crippen molar-refractivity contribution in [1.82, 2.24) is 24.9 Å². The molecule has 4 aromatic rings. The number of rotatable bonds is 5. The van der Waals surface area contributed by atoms with Crippen LogP contribution in [0.5, 0.6) is 0 Å². The van der Waals surface area contributed by atoms with Gasteiger partial charge in [0.25, 0.3) is 0 Å². The third-order valence-corrected chi connectivity index (χ3v) is 7.02. The molecule has 1 aliphatic heterocycles. The number of anilines is 3. The SMILES string of the molecule is C1=C(c2c(-c3cccs3)cc3cnc(Nc4ccc(N5CCNCC5)cn4)nn23)CCC1. The second-order valence-corrected chi connectivity index (χ2v) is 9.14. The molecule has 6 rings (SSSR count). The molecule has 1 aliphatic carbocycles. The number of nitrogens with one attached hydrogen (secondary N) is 2. The number of fused-ring (bicyclic) bond motifs is 1. The summed E-state index contributed by atoms with van der Waals surface area (Å²) in [6.45, 7) is 4.04. The van der Waals surface area contributed by atoms with E-state index in [9.17, 15) is 0 Å². The predicted molar refractivity (Wildman–Crippen MR) is 131 cm³/mol. The first-order valence-corrected chi connectivity index (χ1v) is 12.0. The Hall–Kier alpha value is -3.23. The summed E-state index contributed by atoms with van der Waals surface area (Å²) in [6.07, 6.45) is 9.58. The molecule has 0 saturated carbocycles. The average molecular weight is 444 g/mol. The maximum absolute atomic E-state index is 4.86. The van der Waals surface area contributed by atoms with Crippen LogP contribution in [0, 0.1) is 0 Å². The highest BCUT2D eigenvalue weighted by Gasteiger charge is 2.20. The van der Waals surface area contributed by atoms with Gasteiger partial charge in [0.2, 0.25) is 5.95 Å². The van der Waals surface area contributed by atoms with E-state index >= 15 is 0 Å². The highest BCUT2D eigenvalue weighted by atomic mass is 32.1. The minimum Gasteiger partial charge on any atom is -0.368 e. The number of hydrogen-bond donors (Lipinski definition) is 2. The molecule has 5 heterocycles. The number of thiophene rings is 1. The number of nitrogens with zero attached hydrogens (tertiary/aromatic N) is 5. The van der Waals surface area contributed by atoms with Crippen LogP contribution in [0.4, 0.5) is 17.5 Å². The van der Waals surface area contributed by atoms with Gasteiger partial charge in [0.05, 0.1) is 29.3 Å². The van der Waals surface area contributed by atoms with E-state index in [1.165, 1.54) is 28.1 Å². The van der Waals surface area contributed by atoms with Crippen LogP contribution in [0.3, 0.4) is 0 Å². The van der Waals surface area contributed by atoms with Gasteiger partial charge in [-0.25, -0.2) is 14.5 Å². The van der Waals surface area contributed by atoms with E-state index in [0.29, 0.717) is 5.95 Å². The molecular formula is C24H25N7S. The van der Waals surface area contributed by atoms with Crippen molar-refractivity contribution in [2.24, 2.45) is 0 Å². The Morgan fingerprint density at radius 1 is 1.06 bits per heavy atom. The van der Waals surface area contributed by atoms with Crippen LogP contribution in [0.1, 0.15) is 25.0 Å². The van der Waals surface area contributed by atoms with Gasteiger partial charge >= 0.3 is 0 Å². The molecule has 0 radical (unpaired) electrons. The third kappa shape index (κ3) is 3.65. The number of aromatic nitrogens is 4. The van der Waals surface area contributed by atoms with E-state index in [-0.39, 0.29) is 0 Å². The molecule has 8 heteroatoms. The maximum Gasteiger partial charge on any atom is 0.246 e. The standard InChI is InChI=1S/C24H25N7S/c1-2-5-17(4-1)23-20(21-6-3-13-32-21)14-19-16-27-24(29-31(19)23)28-22-8-7-18(15-26-22)30-11-9-25-10-12-30/h3-4,6-8,13-16,25H,1-2,5,9-12H2,(H,26,28,29). The fourth-order valence-electron chi connectivity index (χ4n) is 4.52. The van der Waals surface area contributed by atoms with Gasteiger partial charge in [0, 0.05) is 36.6 Å². The largest absolute Gasteiger partial charge is 0.368 e. The van der Waals surface area contributed by atoms with Gasteiger partial charge in [-0.05, 0) is 54.5 Å². The minimum atomic E-state index is 0.549. The van der Waals surface area contributed by atoms with E-state index in [1.807, 2.05) is 23.0 Å². The highest BCUT2D eigenvalue weighted by Crippen LogP contribution is 2.38. The van der Waals surface area contributed by atoms with Gasteiger partial charge in [-0.15, -0.1) is 16.4 Å². The Bertz CT molecular complexity index is 1250. The maximum atomic E-state index is 4.86. The third-order valence-electron chi connectivity index (χ3n) is 6.12. The molecule has 0 amide bonds. The van der Waals surface area contributed by atoms with E-state index in [4.69, 9.17) is 5.10 Å². The molecule has 1 fully saturated rings. The Balaban J connectivity index is 1.32. The molecule has 162 valence electrons. The Morgan fingerprint density at radius 3 is 2.75 bits per heavy atom. The molecule has 0 aromatic carbocycles. The van der Waals surface area contributed by atoms with Crippen molar-refractivity contribution in [3.05, 3.63) is 59.9 Å². The Morgan fingerprint density at radius 2 is 2.00 bits per heavy atom. The summed E-state index contributed by atoms with van der Waals surface area (Å²) in [5.74, 6) is 1.30. The normalized spacial score (nSPS) is 16.5.